The lowest BCUT2D eigenvalue weighted by Gasteiger charge is -2.22. The molecule has 0 amide bonds. The molecule has 0 saturated heterocycles. The number of allylic oxidation sites excluding steroid dienone is 1. The van der Waals surface area contributed by atoms with Crippen molar-refractivity contribution in [1.29, 1.82) is 0 Å². The largest absolute Gasteiger partial charge is 0.466 e. The molecular weight excluding hydrogens is 274 g/mol. The summed E-state index contributed by atoms with van der Waals surface area (Å²) in [7, 11) is 0. The SMILES string of the molecule is CCOC(=O)CCc1ccc(C=C2CCC(CN)CC2)cc1. The van der Waals surface area contributed by atoms with Gasteiger partial charge in [0.25, 0.3) is 0 Å². The molecule has 1 aromatic rings. The van der Waals surface area contributed by atoms with E-state index in [4.69, 9.17) is 10.5 Å². The summed E-state index contributed by atoms with van der Waals surface area (Å²) in [6.45, 7) is 3.11. The Morgan fingerprint density at radius 3 is 2.55 bits per heavy atom. The molecule has 1 aliphatic rings. The number of nitrogens with two attached hydrogens (primary N) is 1. The third-order valence-corrected chi connectivity index (χ3v) is 4.35. The number of esters is 1. The van der Waals surface area contributed by atoms with Crippen LogP contribution < -0.4 is 5.73 Å². The maximum atomic E-state index is 11.4. The van der Waals surface area contributed by atoms with Crippen molar-refractivity contribution in [3.8, 4) is 0 Å². The molecule has 0 spiro atoms. The zero-order chi connectivity index (χ0) is 15.8. The molecule has 3 heteroatoms. The molecule has 1 saturated carbocycles. The van der Waals surface area contributed by atoms with Gasteiger partial charge in [-0.05, 0) is 62.6 Å². The Bertz CT molecular complexity index is 495. The summed E-state index contributed by atoms with van der Waals surface area (Å²) in [6.07, 6.45) is 8.29. The first-order valence-electron chi connectivity index (χ1n) is 8.35. The van der Waals surface area contributed by atoms with Gasteiger partial charge in [0.1, 0.15) is 0 Å². The van der Waals surface area contributed by atoms with E-state index in [-0.39, 0.29) is 5.97 Å². The van der Waals surface area contributed by atoms with Crippen LogP contribution in [0.5, 0.6) is 0 Å². The van der Waals surface area contributed by atoms with Crippen molar-refractivity contribution in [2.45, 2.75) is 45.4 Å². The highest BCUT2D eigenvalue weighted by atomic mass is 16.5. The summed E-state index contributed by atoms with van der Waals surface area (Å²) in [5.41, 5.74) is 9.70. The molecule has 1 aliphatic carbocycles. The second-order valence-corrected chi connectivity index (χ2v) is 6.03. The Hall–Kier alpha value is -1.61. The van der Waals surface area contributed by atoms with Crippen LogP contribution in [0.25, 0.3) is 6.08 Å². The van der Waals surface area contributed by atoms with Gasteiger partial charge in [0, 0.05) is 6.42 Å². The average molecular weight is 301 g/mol. The predicted octanol–water partition coefficient (Wildman–Crippen LogP) is 3.71. The molecule has 120 valence electrons. The monoisotopic (exact) mass is 301 g/mol. The number of carbonyl (C=O) groups is 1. The van der Waals surface area contributed by atoms with Gasteiger partial charge in [0.15, 0.2) is 0 Å². The van der Waals surface area contributed by atoms with Crippen molar-refractivity contribution < 1.29 is 9.53 Å². The van der Waals surface area contributed by atoms with Crippen LogP contribution in [0.1, 0.15) is 50.2 Å². The van der Waals surface area contributed by atoms with Crippen molar-refractivity contribution >= 4 is 12.0 Å². The highest BCUT2D eigenvalue weighted by Gasteiger charge is 2.14. The molecule has 0 aromatic heterocycles. The standard InChI is InChI=1S/C19H27NO2/c1-2-22-19(21)12-11-15-3-5-16(6-4-15)13-17-7-9-18(14-20)10-8-17/h3-6,13,18H,2,7-12,14,20H2,1H3. The van der Waals surface area contributed by atoms with E-state index in [1.165, 1.54) is 42.4 Å². The van der Waals surface area contributed by atoms with Gasteiger partial charge in [0.05, 0.1) is 6.61 Å². The van der Waals surface area contributed by atoms with Crippen LogP contribution >= 0.6 is 0 Å². The molecule has 0 heterocycles. The van der Waals surface area contributed by atoms with E-state index in [0.717, 1.165) is 13.0 Å². The van der Waals surface area contributed by atoms with Gasteiger partial charge in [0.2, 0.25) is 0 Å². The van der Waals surface area contributed by atoms with Crippen LogP contribution in [0.2, 0.25) is 0 Å². The van der Waals surface area contributed by atoms with Crippen molar-refractivity contribution in [1.82, 2.24) is 0 Å². The lowest BCUT2D eigenvalue weighted by atomic mass is 9.85. The second-order valence-electron chi connectivity index (χ2n) is 6.03. The lowest BCUT2D eigenvalue weighted by molar-refractivity contribution is -0.143. The van der Waals surface area contributed by atoms with E-state index in [1.807, 2.05) is 6.92 Å². The summed E-state index contributed by atoms with van der Waals surface area (Å²) in [6, 6.07) is 8.50. The molecule has 0 radical (unpaired) electrons. The third kappa shape index (κ3) is 5.30. The van der Waals surface area contributed by atoms with Gasteiger partial charge in [-0.2, -0.15) is 0 Å². The van der Waals surface area contributed by atoms with Gasteiger partial charge in [-0.3, -0.25) is 4.79 Å². The molecule has 1 fully saturated rings. The maximum absolute atomic E-state index is 11.4. The molecule has 22 heavy (non-hydrogen) atoms. The number of hydrogen-bond donors (Lipinski definition) is 1. The number of aryl methyl sites for hydroxylation is 1. The first kappa shape index (κ1) is 16.8. The van der Waals surface area contributed by atoms with Crippen LogP contribution in [0.15, 0.2) is 29.8 Å². The fourth-order valence-corrected chi connectivity index (χ4v) is 2.92. The number of hydrogen-bond acceptors (Lipinski definition) is 3. The van der Waals surface area contributed by atoms with Crippen LogP contribution in [0, 0.1) is 5.92 Å². The Morgan fingerprint density at radius 1 is 1.27 bits per heavy atom. The van der Waals surface area contributed by atoms with Crippen LogP contribution in [0.4, 0.5) is 0 Å². The number of ether oxygens (including phenoxy) is 1. The minimum Gasteiger partial charge on any atom is -0.466 e. The maximum Gasteiger partial charge on any atom is 0.306 e. The molecule has 0 bridgehead atoms. The van der Waals surface area contributed by atoms with Gasteiger partial charge in [-0.15, -0.1) is 0 Å². The number of benzene rings is 1. The third-order valence-electron chi connectivity index (χ3n) is 4.35. The van der Waals surface area contributed by atoms with Gasteiger partial charge in [-0.1, -0.05) is 35.9 Å². The molecular formula is C19H27NO2. The minimum absolute atomic E-state index is 0.120. The Labute approximate surface area is 133 Å². The van der Waals surface area contributed by atoms with E-state index >= 15 is 0 Å². The van der Waals surface area contributed by atoms with Crippen LogP contribution in [-0.4, -0.2) is 19.1 Å². The zero-order valence-corrected chi connectivity index (χ0v) is 13.5. The topological polar surface area (TPSA) is 52.3 Å². The lowest BCUT2D eigenvalue weighted by Crippen LogP contribution is -2.17. The molecule has 3 nitrogen and oxygen atoms in total. The van der Waals surface area contributed by atoms with Crippen molar-refractivity contribution in [2.24, 2.45) is 11.7 Å². The molecule has 2 rings (SSSR count). The van der Waals surface area contributed by atoms with E-state index in [9.17, 15) is 4.79 Å². The van der Waals surface area contributed by atoms with E-state index in [1.54, 1.807) is 0 Å². The fourth-order valence-electron chi connectivity index (χ4n) is 2.92. The normalized spacial score (nSPS) is 18.1. The highest BCUT2D eigenvalue weighted by Crippen LogP contribution is 2.28. The summed E-state index contributed by atoms with van der Waals surface area (Å²) in [5.74, 6) is 0.591. The summed E-state index contributed by atoms with van der Waals surface area (Å²) in [4.78, 5) is 11.4. The van der Waals surface area contributed by atoms with Gasteiger partial charge >= 0.3 is 5.97 Å². The fraction of sp³-hybridized carbons (Fsp3) is 0.526. The highest BCUT2D eigenvalue weighted by molar-refractivity contribution is 5.69. The van der Waals surface area contributed by atoms with Crippen molar-refractivity contribution in [3.05, 3.63) is 41.0 Å². The quantitative estimate of drug-likeness (QED) is 0.815. The van der Waals surface area contributed by atoms with Gasteiger partial charge in [-0.25, -0.2) is 0 Å². The minimum atomic E-state index is -0.120. The van der Waals surface area contributed by atoms with Crippen molar-refractivity contribution in [3.63, 3.8) is 0 Å². The van der Waals surface area contributed by atoms with Crippen LogP contribution in [-0.2, 0) is 16.0 Å². The van der Waals surface area contributed by atoms with E-state index in [2.05, 4.69) is 30.3 Å². The number of carbonyl (C=O) groups excluding carboxylic acids is 1. The molecule has 0 aliphatic heterocycles. The smallest absolute Gasteiger partial charge is 0.306 e. The first-order valence-corrected chi connectivity index (χ1v) is 8.35. The molecule has 0 unspecified atom stereocenters. The molecule has 2 N–H and O–H groups in total. The van der Waals surface area contributed by atoms with Gasteiger partial charge < -0.3 is 10.5 Å². The molecule has 0 atom stereocenters. The Kier molecular flexibility index (Phi) is 6.66. The summed E-state index contributed by atoms with van der Waals surface area (Å²) in [5, 5.41) is 0. The van der Waals surface area contributed by atoms with E-state index < -0.39 is 0 Å². The Balaban J connectivity index is 1.85. The second kappa shape index (κ2) is 8.74. The zero-order valence-electron chi connectivity index (χ0n) is 13.5. The van der Waals surface area contributed by atoms with Crippen molar-refractivity contribution in [2.75, 3.05) is 13.2 Å². The number of rotatable bonds is 6. The average Bonchev–Trinajstić information content (AvgIpc) is 2.55. The summed E-state index contributed by atoms with van der Waals surface area (Å²) < 4.78 is 4.95. The van der Waals surface area contributed by atoms with E-state index in [0.29, 0.717) is 18.9 Å². The first-order chi connectivity index (χ1) is 10.7. The van der Waals surface area contributed by atoms with Crippen LogP contribution in [0.3, 0.4) is 0 Å². The predicted molar refractivity (Wildman–Crippen MR) is 90.4 cm³/mol. The summed E-state index contributed by atoms with van der Waals surface area (Å²) >= 11 is 0. The molecule has 1 aromatic carbocycles. The Morgan fingerprint density at radius 2 is 1.95 bits per heavy atom.